The third-order valence-electron chi connectivity index (χ3n) is 7.94. The van der Waals surface area contributed by atoms with Crippen LogP contribution in [-0.2, 0) is 17.8 Å². The summed E-state index contributed by atoms with van der Waals surface area (Å²) in [7, 11) is 1.63. The van der Waals surface area contributed by atoms with Crippen molar-refractivity contribution < 1.29 is 19.4 Å². The summed E-state index contributed by atoms with van der Waals surface area (Å²) in [5, 5.41) is 13.3. The van der Waals surface area contributed by atoms with E-state index in [2.05, 4.69) is 60.5 Å². The zero-order valence-electron chi connectivity index (χ0n) is 22.7. The highest BCUT2D eigenvalue weighted by Gasteiger charge is 2.39. The van der Waals surface area contributed by atoms with Gasteiger partial charge in [-0.2, -0.15) is 0 Å². The molecule has 0 saturated heterocycles. The minimum atomic E-state index is -0.729. The Morgan fingerprint density at radius 3 is 2.63 bits per heavy atom. The van der Waals surface area contributed by atoms with Gasteiger partial charge in [-0.3, -0.25) is 4.79 Å². The zero-order chi connectivity index (χ0) is 26.8. The van der Waals surface area contributed by atoms with Crippen LogP contribution >= 0.6 is 0 Å². The molecule has 1 aliphatic heterocycles. The molecule has 2 aromatic carbocycles. The van der Waals surface area contributed by atoms with Gasteiger partial charge in [-0.15, -0.1) is 0 Å². The normalized spacial score (nSPS) is 18.4. The predicted octanol–water partition coefficient (Wildman–Crippen LogP) is 6.54. The third kappa shape index (κ3) is 5.70. The lowest BCUT2D eigenvalue weighted by molar-refractivity contribution is -0.142. The molecule has 2 N–H and O–H groups in total. The van der Waals surface area contributed by atoms with Crippen molar-refractivity contribution in [2.45, 2.75) is 71.1 Å². The molecule has 38 heavy (non-hydrogen) atoms. The Bertz CT molecular complexity index is 1300. The van der Waals surface area contributed by atoms with Crippen molar-refractivity contribution in [2.24, 2.45) is 11.8 Å². The maximum Gasteiger partial charge on any atom is 0.306 e. The molecular formula is C32H38N2O4. The summed E-state index contributed by atoms with van der Waals surface area (Å²) in [4.78, 5) is 16.1. The van der Waals surface area contributed by atoms with Crippen LogP contribution < -0.4 is 14.8 Å². The second kappa shape index (κ2) is 11.2. The first-order chi connectivity index (χ1) is 18.3. The lowest BCUT2D eigenvalue weighted by Crippen LogP contribution is -2.23. The second-order valence-corrected chi connectivity index (χ2v) is 11.0. The molecule has 1 aromatic heterocycles. The number of aliphatic carboxylic acids is 1. The van der Waals surface area contributed by atoms with Crippen molar-refractivity contribution in [3.63, 3.8) is 0 Å². The zero-order valence-corrected chi connectivity index (χ0v) is 22.7. The fourth-order valence-electron chi connectivity index (χ4n) is 5.65. The van der Waals surface area contributed by atoms with Gasteiger partial charge >= 0.3 is 5.97 Å². The van der Waals surface area contributed by atoms with E-state index in [1.165, 1.54) is 11.1 Å². The first-order valence-corrected chi connectivity index (χ1v) is 13.7. The SMILES string of the molecule is COc1cc(-c2ccc(C3CCc4ccc([C@H](C5CC5)[C@H](C)C(=O)O)cc4O3)cc2CNC(C)C)ccn1. The first kappa shape index (κ1) is 26.2. The average molecular weight is 515 g/mol. The van der Waals surface area contributed by atoms with E-state index in [4.69, 9.17) is 9.47 Å². The molecule has 2 heterocycles. The standard InChI is InChI=1S/C32H38N2O4/c1-19(2)34-18-26-15-24(9-11-27(26)23-13-14-33-30(17-23)37-4)28-12-10-21-5-8-25(16-29(21)38-28)31(22-6-7-22)20(3)32(35)36/h5,8-9,11,13-17,19-20,22,28,31,34H,6-7,10,12,18H2,1-4H3,(H,35,36)/t20-,28?,31-/m0/s1. The van der Waals surface area contributed by atoms with Gasteiger partial charge in [0.05, 0.1) is 13.0 Å². The summed E-state index contributed by atoms with van der Waals surface area (Å²) in [6.45, 7) is 6.88. The van der Waals surface area contributed by atoms with Crippen molar-refractivity contribution in [1.82, 2.24) is 10.3 Å². The molecule has 5 rings (SSSR count). The Morgan fingerprint density at radius 2 is 1.92 bits per heavy atom. The van der Waals surface area contributed by atoms with Crippen LogP contribution in [0.15, 0.2) is 54.7 Å². The number of methoxy groups -OCH3 is 1. The van der Waals surface area contributed by atoms with Crippen molar-refractivity contribution in [2.75, 3.05) is 7.11 Å². The number of aromatic nitrogens is 1. The Morgan fingerprint density at radius 1 is 1.11 bits per heavy atom. The number of ether oxygens (including phenoxy) is 2. The lowest BCUT2D eigenvalue weighted by Gasteiger charge is -2.29. The van der Waals surface area contributed by atoms with Gasteiger partial charge in [0.2, 0.25) is 5.88 Å². The highest BCUT2D eigenvalue weighted by Crippen LogP contribution is 2.48. The quantitative estimate of drug-likeness (QED) is 0.320. The monoisotopic (exact) mass is 514 g/mol. The molecule has 0 bridgehead atoms. The van der Waals surface area contributed by atoms with Crippen LogP contribution in [0, 0.1) is 11.8 Å². The van der Waals surface area contributed by atoms with Crippen molar-refractivity contribution >= 4 is 5.97 Å². The molecule has 200 valence electrons. The topological polar surface area (TPSA) is 80.7 Å². The van der Waals surface area contributed by atoms with Crippen LogP contribution in [0.1, 0.15) is 74.3 Å². The molecule has 1 saturated carbocycles. The Labute approximate surface area is 225 Å². The van der Waals surface area contributed by atoms with Crippen LogP contribution in [0.3, 0.4) is 0 Å². The molecule has 0 amide bonds. The number of fused-ring (bicyclic) bond motifs is 1. The fraction of sp³-hybridized carbons (Fsp3) is 0.438. The molecular weight excluding hydrogens is 476 g/mol. The van der Waals surface area contributed by atoms with E-state index >= 15 is 0 Å². The Balaban J connectivity index is 1.43. The summed E-state index contributed by atoms with van der Waals surface area (Å²) >= 11 is 0. The van der Waals surface area contributed by atoms with E-state index < -0.39 is 11.9 Å². The number of carbonyl (C=O) groups is 1. The molecule has 0 spiro atoms. The van der Waals surface area contributed by atoms with E-state index in [1.54, 1.807) is 13.3 Å². The van der Waals surface area contributed by atoms with Gasteiger partial charge in [-0.1, -0.05) is 51.1 Å². The van der Waals surface area contributed by atoms with Gasteiger partial charge in [-0.05, 0) is 83.0 Å². The Kier molecular flexibility index (Phi) is 7.70. The minimum Gasteiger partial charge on any atom is -0.485 e. The van der Waals surface area contributed by atoms with Crippen molar-refractivity contribution in [1.29, 1.82) is 0 Å². The highest BCUT2D eigenvalue weighted by atomic mass is 16.5. The third-order valence-corrected chi connectivity index (χ3v) is 7.94. The number of carboxylic acids is 1. The summed E-state index contributed by atoms with van der Waals surface area (Å²) < 4.78 is 12.0. The first-order valence-electron chi connectivity index (χ1n) is 13.7. The van der Waals surface area contributed by atoms with E-state index in [0.29, 0.717) is 17.8 Å². The number of nitrogens with zero attached hydrogens (tertiary/aromatic N) is 1. The molecule has 6 heteroatoms. The summed E-state index contributed by atoms with van der Waals surface area (Å²) in [6.07, 6.45) is 5.78. The number of aryl methyl sites for hydroxylation is 1. The van der Waals surface area contributed by atoms with Crippen LogP contribution in [0.25, 0.3) is 11.1 Å². The maximum atomic E-state index is 11.8. The van der Waals surface area contributed by atoms with Crippen LogP contribution in [-0.4, -0.2) is 29.2 Å². The lowest BCUT2D eigenvalue weighted by atomic mass is 9.82. The van der Waals surface area contributed by atoms with Gasteiger partial charge in [0.25, 0.3) is 0 Å². The van der Waals surface area contributed by atoms with Gasteiger partial charge in [-0.25, -0.2) is 4.98 Å². The summed E-state index contributed by atoms with van der Waals surface area (Å²) in [5.41, 5.74) is 6.87. The van der Waals surface area contributed by atoms with Crippen LogP contribution in [0.4, 0.5) is 0 Å². The predicted molar refractivity (Wildman–Crippen MR) is 149 cm³/mol. The summed E-state index contributed by atoms with van der Waals surface area (Å²) in [5.74, 6) is 0.843. The smallest absolute Gasteiger partial charge is 0.306 e. The van der Waals surface area contributed by atoms with Gasteiger partial charge in [0, 0.05) is 24.8 Å². The largest absolute Gasteiger partial charge is 0.485 e. The van der Waals surface area contributed by atoms with Crippen molar-refractivity contribution in [3.05, 3.63) is 77.0 Å². The van der Waals surface area contributed by atoms with Crippen LogP contribution in [0.5, 0.6) is 11.6 Å². The molecule has 1 fully saturated rings. The maximum absolute atomic E-state index is 11.8. The molecule has 3 aromatic rings. The number of hydrogen-bond donors (Lipinski definition) is 2. The van der Waals surface area contributed by atoms with E-state index in [1.807, 2.05) is 19.1 Å². The Hall–Kier alpha value is -3.38. The highest BCUT2D eigenvalue weighted by molar-refractivity contribution is 5.71. The van der Waals surface area contributed by atoms with Gasteiger partial charge < -0.3 is 19.9 Å². The second-order valence-electron chi connectivity index (χ2n) is 11.0. The van der Waals surface area contributed by atoms with Gasteiger partial charge in [0.15, 0.2) is 0 Å². The van der Waals surface area contributed by atoms with Crippen LogP contribution in [0.2, 0.25) is 0 Å². The van der Waals surface area contributed by atoms with E-state index in [0.717, 1.165) is 60.2 Å². The van der Waals surface area contributed by atoms with E-state index in [9.17, 15) is 9.90 Å². The molecule has 6 nitrogen and oxygen atoms in total. The van der Waals surface area contributed by atoms with Crippen molar-refractivity contribution in [3.8, 4) is 22.8 Å². The average Bonchev–Trinajstić information content (AvgIpc) is 3.76. The number of nitrogens with one attached hydrogen (secondary N) is 1. The number of carboxylic acid groups (broad SMARTS) is 1. The van der Waals surface area contributed by atoms with E-state index in [-0.39, 0.29) is 12.0 Å². The minimum absolute atomic E-state index is 0.0344. The molecule has 1 aliphatic carbocycles. The molecule has 3 atom stereocenters. The molecule has 1 unspecified atom stereocenters. The summed E-state index contributed by atoms with van der Waals surface area (Å²) in [6, 6.07) is 17.3. The fourth-order valence-corrected chi connectivity index (χ4v) is 5.65. The number of hydrogen-bond acceptors (Lipinski definition) is 5. The number of pyridine rings is 1. The number of rotatable bonds is 10. The van der Waals surface area contributed by atoms with Gasteiger partial charge in [0.1, 0.15) is 11.9 Å². The molecule has 2 aliphatic rings. The molecule has 0 radical (unpaired) electrons. The number of benzene rings is 2.